The molecule has 1 aromatic carbocycles. The highest BCUT2D eigenvalue weighted by Gasteiger charge is 2.17. The molecule has 23 heavy (non-hydrogen) atoms. The van der Waals surface area contributed by atoms with E-state index < -0.39 is 11.5 Å². The van der Waals surface area contributed by atoms with Crippen molar-refractivity contribution in [2.24, 2.45) is 0 Å². The minimum atomic E-state index is -0.447. The summed E-state index contributed by atoms with van der Waals surface area (Å²) in [5, 5.41) is 8.63. The number of anilines is 1. The van der Waals surface area contributed by atoms with Gasteiger partial charge in [0.2, 0.25) is 5.91 Å². The number of hydrogen-bond acceptors (Lipinski definition) is 4. The van der Waals surface area contributed by atoms with Crippen molar-refractivity contribution < 1.29 is 9.59 Å². The molecule has 7 heteroatoms. The average Bonchev–Trinajstić information content (AvgIpc) is 2.52. The van der Waals surface area contributed by atoms with E-state index in [4.69, 9.17) is 0 Å². The molecule has 0 aliphatic carbocycles. The van der Waals surface area contributed by atoms with Gasteiger partial charge in [0.15, 0.2) is 0 Å². The number of benzene rings is 1. The monoisotopic (exact) mass is 314 g/mol. The van der Waals surface area contributed by atoms with Crippen LogP contribution >= 0.6 is 0 Å². The molecule has 0 radical (unpaired) electrons. The van der Waals surface area contributed by atoms with Crippen LogP contribution in [0.1, 0.15) is 21.6 Å². The fourth-order valence-electron chi connectivity index (χ4n) is 2.02. The minimum Gasteiger partial charge on any atom is -0.331 e. The lowest BCUT2D eigenvalue weighted by Crippen LogP contribution is -2.35. The maximum atomic E-state index is 12.1. The summed E-state index contributed by atoms with van der Waals surface area (Å²) in [6.45, 7) is 3.76. The van der Waals surface area contributed by atoms with E-state index in [1.165, 1.54) is 24.1 Å². The highest BCUT2D eigenvalue weighted by Crippen LogP contribution is 2.17. The lowest BCUT2D eigenvalue weighted by Gasteiger charge is -2.17. The fraction of sp³-hybridized carbons (Fsp3) is 0.250. The van der Waals surface area contributed by atoms with E-state index in [-0.39, 0.29) is 18.1 Å². The van der Waals surface area contributed by atoms with Gasteiger partial charge in [-0.3, -0.25) is 14.4 Å². The highest BCUT2D eigenvalue weighted by atomic mass is 16.2. The van der Waals surface area contributed by atoms with Crippen molar-refractivity contribution in [1.29, 1.82) is 0 Å². The molecule has 1 heterocycles. The van der Waals surface area contributed by atoms with Gasteiger partial charge in [0, 0.05) is 18.8 Å². The summed E-state index contributed by atoms with van der Waals surface area (Å²) < 4.78 is 0. The molecule has 0 fully saturated rings. The molecule has 1 aromatic heterocycles. The summed E-state index contributed by atoms with van der Waals surface area (Å²) in [5.74, 6) is -0.753. The number of carbonyl (C=O) groups excluding carboxylic acids is 2. The molecule has 0 atom stereocenters. The van der Waals surface area contributed by atoms with Gasteiger partial charge in [0.05, 0.1) is 6.54 Å². The Morgan fingerprint density at radius 1 is 1.22 bits per heavy atom. The Balaban J connectivity index is 2.02. The van der Waals surface area contributed by atoms with Gasteiger partial charge in [-0.25, -0.2) is 5.10 Å². The molecule has 2 amide bonds. The van der Waals surface area contributed by atoms with Crippen molar-refractivity contribution in [1.82, 2.24) is 15.1 Å². The van der Waals surface area contributed by atoms with E-state index in [9.17, 15) is 14.4 Å². The van der Waals surface area contributed by atoms with Crippen molar-refractivity contribution in [3.63, 3.8) is 0 Å². The van der Waals surface area contributed by atoms with Gasteiger partial charge in [-0.1, -0.05) is 12.1 Å². The molecule has 120 valence electrons. The Hall–Kier alpha value is -2.96. The van der Waals surface area contributed by atoms with E-state index in [2.05, 4.69) is 15.5 Å². The Morgan fingerprint density at radius 3 is 2.61 bits per heavy atom. The van der Waals surface area contributed by atoms with Crippen LogP contribution in [0, 0.1) is 13.8 Å². The van der Waals surface area contributed by atoms with Crippen LogP contribution in [0.4, 0.5) is 5.69 Å². The molecular formula is C16H18N4O3. The Labute approximate surface area is 133 Å². The van der Waals surface area contributed by atoms with Gasteiger partial charge < -0.3 is 10.2 Å². The summed E-state index contributed by atoms with van der Waals surface area (Å²) in [5.41, 5.74) is 2.46. The summed E-state index contributed by atoms with van der Waals surface area (Å²) in [6.07, 6.45) is 0. The summed E-state index contributed by atoms with van der Waals surface area (Å²) in [4.78, 5) is 36.4. The molecule has 0 saturated heterocycles. The molecule has 0 saturated carbocycles. The first-order chi connectivity index (χ1) is 10.9. The Bertz CT molecular complexity index is 778. The van der Waals surface area contributed by atoms with E-state index in [0.717, 1.165) is 16.8 Å². The number of hydrogen-bond donors (Lipinski definition) is 2. The molecule has 7 nitrogen and oxygen atoms in total. The molecule has 2 N–H and O–H groups in total. The van der Waals surface area contributed by atoms with E-state index in [1.807, 2.05) is 32.0 Å². The molecule has 0 aliphatic heterocycles. The van der Waals surface area contributed by atoms with Gasteiger partial charge in [-0.2, -0.15) is 5.10 Å². The number of likely N-dealkylation sites (N-methyl/N-ethyl adjacent to an activating group) is 1. The SMILES string of the molecule is Cc1cccc(NC(=O)CN(C)C(=O)c2ccc(=O)[nH]n2)c1C. The zero-order valence-corrected chi connectivity index (χ0v) is 13.2. The first-order valence-electron chi connectivity index (χ1n) is 7.05. The summed E-state index contributed by atoms with van der Waals surface area (Å²) in [7, 11) is 1.50. The molecule has 0 aliphatic rings. The van der Waals surface area contributed by atoms with Crippen molar-refractivity contribution >= 4 is 17.5 Å². The quantitative estimate of drug-likeness (QED) is 0.883. The molecule has 0 bridgehead atoms. The fourth-order valence-corrected chi connectivity index (χ4v) is 2.02. The Morgan fingerprint density at radius 2 is 1.96 bits per heavy atom. The van der Waals surface area contributed by atoms with Crippen LogP contribution in [-0.2, 0) is 4.79 Å². The first-order valence-corrected chi connectivity index (χ1v) is 7.05. The first kappa shape index (κ1) is 16.4. The molecular weight excluding hydrogens is 296 g/mol. The lowest BCUT2D eigenvalue weighted by molar-refractivity contribution is -0.116. The van der Waals surface area contributed by atoms with Crippen LogP contribution in [0.25, 0.3) is 0 Å². The standard InChI is InChI=1S/C16H18N4O3/c1-10-5-4-6-12(11(10)2)17-15(22)9-20(3)16(23)13-7-8-14(21)19-18-13/h4-8H,9H2,1-3H3,(H,17,22)(H,19,21). The number of aromatic amines is 1. The maximum Gasteiger partial charge on any atom is 0.274 e. The topological polar surface area (TPSA) is 95.2 Å². The van der Waals surface area contributed by atoms with Crippen molar-refractivity contribution in [3.05, 3.63) is 57.5 Å². The smallest absolute Gasteiger partial charge is 0.274 e. The van der Waals surface area contributed by atoms with Crippen LogP contribution in [0.5, 0.6) is 0 Å². The van der Waals surface area contributed by atoms with Crippen LogP contribution in [0.3, 0.4) is 0 Å². The number of nitrogens with zero attached hydrogens (tertiary/aromatic N) is 2. The normalized spacial score (nSPS) is 10.2. The van der Waals surface area contributed by atoms with E-state index in [0.29, 0.717) is 0 Å². The predicted octanol–water partition coefficient (Wildman–Crippen LogP) is 1.10. The third-order valence-electron chi connectivity index (χ3n) is 3.50. The third-order valence-corrected chi connectivity index (χ3v) is 3.50. The lowest BCUT2D eigenvalue weighted by atomic mass is 10.1. The van der Waals surface area contributed by atoms with Gasteiger partial charge in [0.1, 0.15) is 5.69 Å². The van der Waals surface area contributed by atoms with Gasteiger partial charge in [-0.05, 0) is 37.1 Å². The van der Waals surface area contributed by atoms with Crippen LogP contribution in [0.2, 0.25) is 0 Å². The van der Waals surface area contributed by atoms with Gasteiger partial charge in [-0.15, -0.1) is 0 Å². The van der Waals surface area contributed by atoms with Crippen LogP contribution < -0.4 is 10.9 Å². The number of nitrogens with one attached hydrogen (secondary N) is 2. The molecule has 2 aromatic rings. The van der Waals surface area contributed by atoms with E-state index in [1.54, 1.807) is 0 Å². The number of H-pyrrole nitrogens is 1. The second-order valence-corrected chi connectivity index (χ2v) is 5.26. The van der Waals surface area contributed by atoms with Crippen molar-refractivity contribution in [2.45, 2.75) is 13.8 Å². The third kappa shape index (κ3) is 4.03. The van der Waals surface area contributed by atoms with Gasteiger partial charge >= 0.3 is 0 Å². The largest absolute Gasteiger partial charge is 0.331 e. The average molecular weight is 314 g/mol. The van der Waals surface area contributed by atoms with Gasteiger partial charge in [0.25, 0.3) is 11.5 Å². The number of carbonyl (C=O) groups is 2. The summed E-state index contributed by atoms with van der Waals surface area (Å²) in [6, 6.07) is 8.16. The Kier molecular flexibility index (Phi) is 4.90. The summed E-state index contributed by atoms with van der Waals surface area (Å²) >= 11 is 0. The minimum absolute atomic E-state index is 0.0756. The zero-order valence-electron chi connectivity index (χ0n) is 13.2. The number of aromatic nitrogens is 2. The maximum absolute atomic E-state index is 12.1. The van der Waals surface area contributed by atoms with Crippen LogP contribution in [0.15, 0.2) is 35.1 Å². The second kappa shape index (κ2) is 6.87. The molecule has 0 spiro atoms. The predicted molar refractivity (Wildman–Crippen MR) is 86.4 cm³/mol. The zero-order chi connectivity index (χ0) is 17.0. The van der Waals surface area contributed by atoms with Crippen molar-refractivity contribution in [3.8, 4) is 0 Å². The highest BCUT2D eigenvalue weighted by molar-refractivity contribution is 5.98. The van der Waals surface area contributed by atoms with Crippen LogP contribution in [-0.4, -0.2) is 40.5 Å². The number of aryl methyl sites for hydroxylation is 1. The molecule has 2 rings (SSSR count). The molecule has 0 unspecified atom stereocenters. The van der Waals surface area contributed by atoms with E-state index >= 15 is 0 Å². The van der Waals surface area contributed by atoms with Crippen molar-refractivity contribution in [2.75, 3.05) is 18.9 Å². The second-order valence-electron chi connectivity index (χ2n) is 5.26. The number of rotatable bonds is 4. The number of amides is 2.